The van der Waals surface area contributed by atoms with Gasteiger partial charge in [-0.3, -0.25) is 4.40 Å². The van der Waals surface area contributed by atoms with E-state index in [2.05, 4.69) is 4.98 Å². The third kappa shape index (κ3) is 2.56. The van der Waals surface area contributed by atoms with Gasteiger partial charge in [0.2, 0.25) is 0 Å². The number of nitrogens with zero attached hydrogens (tertiary/aromatic N) is 3. The Balaban J connectivity index is 2.05. The van der Waals surface area contributed by atoms with Gasteiger partial charge in [0.05, 0.1) is 0 Å². The second kappa shape index (κ2) is 5.59. The fourth-order valence-electron chi connectivity index (χ4n) is 2.95. The van der Waals surface area contributed by atoms with Crippen molar-refractivity contribution < 1.29 is 8.42 Å². The molecular formula is C14H18ClN3O2S. The first-order chi connectivity index (χ1) is 10.0. The predicted octanol–water partition coefficient (Wildman–Crippen LogP) is 2.94. The largest absolute Gasteiger partial charge is 0.288 e. The molecule has 0 amide bonds. The van der Waals surface area contributed by atoms with E-state index in [4.69, 9.17) is 11.6 Å². The summed E-state index contributed by atoms with van der Waals surface area (Å²) in [6, 6.07) is 5.37. The number of sulfonamides is 1. The minimum absolute atomic E-state index is 0.0314. The molecule has 1 fully saturated rings. The van der Waals surface area contributed by atoms with Gasteiger partial charge in [-0.15, -0.1) is 0 Å². The summed E-state index contributed by atoms with van der Waals surface area (Å²) in [4.78, 5) is 4.13. The van der Waals surface area contributed by atoms with Crippen molar-refractivity contribution in [2.45, 2.75) is 43.2 Å². The molecule has 1 aliphatic carbocycles. The van der Waals surface area contributed by atoms with Crippen molar-refractivity contribution in [3.8, 4) is 0 Å². The van der Waals surface area contributed by atoms with Crippen LogP contribution in [0.4, 0.5) is 0 Å². The lowest BCUT2D eigenvalue weighted by Gasteiger charge is -2.30. The average Bonchev–Trinajstić information content (AvgIpc) is 2.83. The van der Waals surface area contributed by atoms with E-state index in [1.807, 2.05) is 0 Å². The zero-order valence-corrected chi connectivity index (χ0v) is 13.4. The van der Waals surface area contributed by atoms with E-state index < -0.39 is 10.0 Å². The normalized spacial score (nSPS) is 17.7. The van der Waals surface area contributed by atoms with Crippen LogP contribution in [0.5, 0.6) is 0 Å². The van der Waals surface area contributed by atoms with Crippen molar-refractivity contribution in [3.05, 3.63) is 29.5 Å². The second-order valence-electron chi connectivity index (χ2n) is 5.45. The van der Waals surface area contributed by atoms with Gasteiger partial charge in [-0.1, -0.05) is 36.9 Å². The van der Waals surface area contributed by atoms with Gasteiger partial charge >= 0.3 is 0 Å². The summed E-state index contributed by atoms with van der Waals surface area (Å²) in [5.41, 5.74) is 0.540. The Morgan fingerprint density at radius 1 is 1.29 bits per heavy atom. The Morgan fingerprint density at radius 3 is 2.71 bits per heavy atom. The van der Waals surface area contributed by atoms with Crippen molar-refractivity contribution in [2.75, 3.05) is 7.05 Å². The highest BCUT2D eigenvalue weighted by atomic mass is 35.5. The summed E-state index contributed by atoms with van der Waals surface area (Å²) in [6.45, 7) is 0. The summed E-state index contributed by atoms with van der Waals surface area (Å²) in [7, 11) is -2.01. The molecule has 0 unspecified atom stereocenters. The second-order valence-corrected chi connectivity index (χ2v) is 7.72. The number of rotatable bonds is 3. The van der Waals surface area contributed by atoms with E-state index in [9.17, 15) is 8.42 Å². The molecule has 0 radical (unpaired) electrons. The zero-order valence-electron chi connectivity index (χ0n) is 11.9. The smallest absolute Gasteiger partial charge is 0.262 e. The fourth-order valence-corrected chi connectivity index (χ4v) is 4.96. The third-order valence-corrected chi connectivity index (χ3v) is 6.47. The molecule has 2 aromatic rings. The van der Waals surface area contributed by atoms with E-state index in [0.29, 0.717) is 5.65 Å². The molecule has 0 aromatic carbocycles. The number of hydrogen-bond donors (Lipinski definition) is 0. The van der Waals surface area contributed by atoms with Crippen LogP contribution in [0.25, 0.3) is 5.65 Å². The van der Waals surface area contributed by atoms with E-state index >= 15 is 0 Å². The predicted molar refractivity (Wildman–Crippen MR) is 82.0 cm³/mol. The van der Waals surface area contributed by atoms with Crippen molar-refractivity contribution in [2.24, 2.45) is 0 Å². The molecular weight excluding hydrogens is 310 g/mol. The molecule has 0 atom stereocenters. The molecule has 0 N–H and O–H groups in total. The Kier molecular flexibility index (Phi) is 3.94. The molecule has 0 saturated heterocycles. The van der Waals surface area contributed by atoms with Crippen LogP contribution < -0.4 is 0 Å². The number of halogens is 1. The standard InChI is InChI=1S/C14H18ClN3O2S/c1-17(11-7-3-2-4-8-11)21(19,20)14-13(15)16-12-9-5-6-10-18(12)14/h5-6,9-11H,2-4,7-8H2,1H3. The van der Waals surface area contributed by atoms with Gasteiger partial charge in [0, 0.05) is 19.3 Å². The highest BCUT2D eigenvalue weighted by Gasteiger charge is 2.33. The molecule has 1 aliphatic rings. The summed E-state index contributed by atoms with van der Waals surface area (Å²) in [6.07, 6.45) is 6.82. The van der Waals surface area contributed by atoms with Crippen LogP contribution >= 0.6 is 11.6 Å². The Hall–Kier alpha value is -1.11. The Labute approximate surface area is 129 Å². The summed E-state index contributed by atoms with van der Waals surface area (Å²) >= 11 is 6.10. The number of fused-ring (bicyclic) bond motifs is 1. The van der Waals surface area contributed by atoms with E-state index in [1.165, 1.54) is 15.1 Å². The van der Waals surface area contributed by atoms with Gasteiger partial charge in [0.15, 0.2) is 10.2 Å². The van der Waals surface area contributed by atoms with Crippen LogP contribution in [-0.4, -0.2) is 35.2 Å². The maximum Gasteiger partial charge on any atom is 0.262 e. The topological polar surface area (TPSA) is 54.7 Å². The lowest BCUT2D eigenvalue weighted by molar-refractivity contribution is 0.285. The molecule has 3 rings (SSSR count). The van der Waals surface area contributed by atoms with E-state index in [0.717, 1.165) is 25.7 Å². The van der Waals surface area contributed by atoms with Gasteiger partial charge in [0.25, 0.3) is 10.0 Å². The Bertz CT molecular complexity index is 751. The average molecular weight is 328 g/mol. The van der Waals surface area contributed by atoms with E-state index in [-0.39, 0.29) is 16.2 Å². The zero-order chi connectivity index (χ0) is 15.0. The van der Waals surface area contributed by atoms with Crippen molar-refractivity contribution >= 4 is 27.3 Å². The Morgan fingerprint density at radius 2 is 2.00 bits per heavy atom. The van der Waals surface area contributed by atoms with Crippen molar-refractivity contribution in [1.29, 1.82) is 0 Å². The maximum atomic E-state index is 12.9. The molecule has 2 heterocycles. The minimum atomic E-state index is -3.65. The highest BCUT2D eigenvalue weighted by Crippen LogP contribution is 2.30. The van der Waals surface area contributed by atoms with Crippen molar-refractivity contribution in [3.63, 3.8) is 0 Å². The summed E-state index contributed by atoms with van der Waals surface area (Å²) in [5.74, 6) is 0. The first-order valence-electron chi connectivity index (χ1n) is 7.12. The SMILES string of the molecule is CN(C1CCCCC1)S(=O)(=O)c1c(Cl)nc2ccccn12. The molecule has 21 heavy (non-hydrogen) atoms. The van der Waals surface area contributed by atoms with Crippen molar-refractivity contribution in [1.82, 2.24) is 13.7 Å². The molecule has 7 heteroatoms. The van der Waals surface area contributed by atoms with Gasteiger partial charge in [-0.25, -0.2) is 13.4 Å². The summed E-state index contributed by atoms with van der Waals surface area (Å²) < 4.78 is 28.8. The number of imidazole rings is 1. The monoisotopic (exact) mass is 327 g/mol. The lowest BCUT2D eigenvalue weighted by atomic mass is 9.96. The molecule has 5 nitrogen and oxygen atoms in total. The number of hydrogen-bond acceptors (Lipinski definition) is 3. The van der Waals surface area contributed by atoms with Crippen LogP contribution in [0.1, 0.15) is 32.1 Å². The van der Waals surface area contributed by atoms with Gasteiger partial charge < -0.3 is 0 Å². The first kappa shape index (κ1) is 14.8. The fraction of sp³-hybridized carbons (Fsp3) is 0.500. The van der Waals surface area contributed by atoms with Gasteiger partial charge in [-0.05, 0) is 25.0 Å². The lowest BCUT2D eigenvalue weighted by Crippen LogP contribution is -2.38. The van der Waals surface area contributed by atoms with Crippen LogP contribution in [-0.2, 0) is 10.0 Å². The number of aromatic nitrogens is 2. The number of pyridine rings is 1. The van der Waals surface area contributed by atoms with Gasteiger partial charge in [0.1, 0.15) is 5.65 Å². The highest BCUT2D eigenvalue weighted by molar-refractivity contribution is 7.89. The minimum Gasteiger partial charge on any atom is -0.288 e. The molecule has 0 aliphatic heterocycles. The van der Waals surface area contributed by atoms with Crippen LogP contribution in [0.2, 0.25) is 5.15 Å². The quantitative estimate of drug-likeness (QED) is 0.871. The molecule has 1 saturated carbocycles. The molecule has 2 aromatic heterocycles. The van der Waals surface area contributed by atoms with Crippen LogP contribution in [0.3, 0.4) is 0 Å². The van der Waals surface area contributed by atoms with Gasteiger partial charge in [-0.2, -0.15) is 4.31 Å². The summed E-state index contributed by atoms with van der Waals surface area (Å²) in [5, 5.41) is 0.0942. The van der Waals surface area contributed by atoms with E-state index in [1.54, 1.807) is 31.4 Å². The molecule has 114 valence electrons. The third-order valence-electron chi connectivity index (χ3n) is 4.16. The molecule has 0 bridgehead atoms. The van der Waals surface area contributed by atoms with Crippen LogP contribution in [0.15, 0.2) is 29.4 Å². The maximum absolute atomic E-state index is 12.9. The van der Waals surface area contributed by atoms with Crippen LogP contribution in [0, 0.1) is 0 Å². The molecule has 0 spiro atoms. The first-order valence-corrected chi connectivity index (χ1v) is 8.94.